The van der Waals surface area contributed by atoms with Crippen LogP contribution in [-0.2, 0) is 16.4 Å². The number of anilines is 1. The third kappa shape index (κ3) is 3.51. The predicted octanol–water partition coefficient (Wildman–Crippen LogP) is 2.60. The largest absolute Gasteiger partial charge is 0.264 e. The molecule has 0 unspecified atom stereocenters. The van der Waals surface area contributed by atoms with Gasteiger partial charge in [-0.15, -0.1) is 0 Å². The number of nitrogens with zero attached hydrogens (tertiary/aromatic N) is 2. The van der Waals surface area contributed by atoms with Crippen molar-refractivity contribution in [3.63, 3.8) is 0 Å². The fourth-order valence-electron chi connectivity index (χ4n) is 1.45. The number of halogens is 1. The number of sulfonamides is 1. The van der Waals surface area contributed by atoms with Crippen molar-refractivity contribution >= 4 is 31.9 Å². The fourth-order valence-corrected chi connectivity index (χ4v) is 2.61. The summed E-state index contributed by atoms with van der Waals surface area (Å²) in [6.07, 6.45) is 3.82. The van der Waals surface area contributed by atoms with Crippen molar-refractivity contribution in [2.45, 2.75) is 18.2 Å². The lowest BCUT2D eigenvalue weighted by Gasteiger charge is -2.06. The Labute approximate surface area is 120 Å². The summed E-state index contributed by atoms with van der Waals surface area (Å²) < 4.78 is 27.2. The predicted molar refractivity (Wildman–Crippen MR) is 76.4 cm³/mol. The van der Waals surface area contributed by atoms with E-state index in [1.165, 1.54) is 12.4 Å². The molecule has 0 spiro atoms. The summed E-state index contributed by atoms with van der Waals surface area (Å²) in [7, 11) is -3.64. The first-order valence-corrected chi connectivity index (χ1v) is 7.88. The Bertz CT molecular complexity index is 654. The molecule has 7 heteroatoms. The first-order valence-electron chi connectivity index (χ1n) is 5.60. The fraction of sp³-hybridized carbons (Fsp3) is 0.167. The molecule has 0 aliphatic rings. The van der Waals surface area contributed by atoms with Gasteiger partial charge < -0.3 is 0 Å². The molecule has 0 saturated heterocycles. The van der Waals surface area contributed by atoms with Crippen LogP contribution in [0.25, 0.3) is 0 Å². The van der Waals surface area contributed by atoms with Gasteiger partial charge in [-0.25, -0.2) is 23.1 Å². The Balaban J connectivity index is 2.24. The Morgan fingerprint density at radius 2 is 1.74 bits per heavy atom. The van der Waals surface area contributed by atoms with Gasteiger partial charge in [-0.2, -0.15) is 0 Å². The number of rotatable bonds is 4. The molecule has 0 aliphatic carbocycles. The quantitative estimate of drug-likeness (QED) is 0.927. The van der Waals surface area contributed by atoms with Gasteiger partial charge in [0.2, 0.25) is 5.95 Å². The Kier molecular flexibility index (Phi) is 4.16. The number of nitrogens with one attached hydrogen (secondary N) is 1. The van der Waals surface area contributed by atoms with Crippen LogP contribution in [0, 0.1) is 0 Å². The van der Waals surface area contributed by atoms with Crippen LogP contribution in [0.15, 0.2) is 46.0 Å². The van der Waals surface area contributed by atoms with Gasteiger partial charge in [0.25, 0.3) is 10.0 Å². The molecule has 0 fully saturated rings. The molecule has 0 atom stereocenters. The van der Waals surface area contributed by atoms with Crippen LogP contribution in [-0.4, -0.2) is 18.4 Å². The van der Waals surface area contributed by atoms with E-state index >= 15 is 0 Å². The van der Waals surface area contributed by atoms with E-state index in [0.29, 0.717) is 4.47 Å². The summed E-state index contributed by atoms with van der Waals surface area (Å²) in [5.41, 5.74) is 1.08. The van der Waals surface area contributed by atoms with Crippen molar-refractivity contribution < 1.29 is 8.42 Å². The van der Waals surface area contributed by atoms with Crippen LogP contribution in [0.3, 0.4) is 0 Å². The van der Waals surface area contributed by atoms with E-state index in [2.05, 4.69) is 30.6 Å². The van der Waals surface area contributed by atoms with E-state index in [-0.39, 0.29) is 10.8 Å². The van der Waals surface area contributed by atoms with Gasteiger partial charge in [-0.05, 0) is 40.0 Å². The molecule has 1 N–H and O–H groups in total. The van der Waals surface area contributed by atoms with Crippen LogP contribution in [0.1, 0.15) is 12.5 Å². The molecule has 1 heterocycles. The minimum absolute atomic E-state index is 0.0442. The van der Waals surface area contributed by atoms with E-state index in [9.17, 15) is 8.42 Å². The van der Waals surface area contributed by atoms with Crippen LogP contribution in [0.4, 0.5) is 5.95 Å². The maximum absolute atomic E-state index is 12.1. The molecule has 0 aliphatic heterocycles. The summed E-state index contributed by atoms with van der Waals surface area (Å²) in [6.45, 7) is 2.01. The average Bonchev–Trinajstić information content (AvgIpc) is 2.41. The van der Waals surface area contributed by atoms with Crippen molar-refractivity contribution in [2.24, 2.45) is 0 Å². The maximum atomic E-state index is 12.1. The third-order valence-electron chi connectivity index (χ3n) is 2.49. The van der Waals surface area contributed by atoms with Gasteiger partial charge >= 0.3 is 0 Å². The zero-order valence-corrected chi connectivity index (χ0v) is 12.6. The number of benzene rings is 1. The molecule has 1 aromatic heterocycles. The number of aromatic nitrogens is 2. The second kappa shape index (κ2) is 5.66. The normalized spacial score (nSPS) is 11.3. The molecule has 2 aromatic rings. The van der Waals surface area contributed by atoms with Gasteiger partial charge in [0, 0.05) is 12.4 Å². The minimum Gasteiger partial charge on any atom is -0.247 e. The molecular formula is C12H12BrN3O2S. The van der Waals surface area contributed by atoms with Gasteiger partial charge in [-0.1, -0.05) is 19.1 Å². The summed E-state index contributed by atoms with van der Waals surface area (Å²) in [6, 6.07) is 6.72. The molecule has 0 amide bonds. The van der Waals surface area contributed by atoms with Crippen molar-refractivity contribution in [3.8, 4) is 0 Å². The van der Waals surface area contributed by atoms with E-state index in [1.807, 2.05) is 6.92 Å². The SMILES string of the molecule is CCc1ccc(S(=O)(=O)Nc2ncc(Br)cn2)cc1. The van der Waals surface area contributed by atoms with Gasteiger partial charge in [0.15, 0.2) is 0 Å². The van der Waals surface area contributed by atoms with E-state index in [4.69, 9.17) is 0 Å². The molecule has 0 bridgehead atoms. The molecule has 1 aromatic carbocycles. The highest BCUT2D eigenvalue weighted by Crippen LogP contribution is 2.15. The zero-order chi connectivity index (χ0) is 13.9. The highest BCUT2D eigenvalue weighted by atomic mass is 79.9. The molecule has 0 radical (unpaired) electrons. The molecule has 100 valence electrons. The average molecular weight is 342 g/mol. The lowest BCUT2D eigenvalue weighted by molar-refractivity contribution is 0.600. The monoisotopic (exact) mass is 341 g/mol. The Morgan fingerprint density at radius 3 is 2.26 bits per heavy atom. The highest BCUT2D eigenvalue weighted by molar-refractivity contribution is 9.10. The molecule has 2 rings (SSSR count). The summed E-state index contributed by atoms with van der Waals surface area (Å²) in [4.78, 5) is 7.94. The van der Waals surface area contributed by atoms with Crippen molar-refractivity contribution in [1.82, 2.24) is 9.97 Å². The van der Waals surface area contributed by atoms with E-state index in [1.54, 1.807) is 24.3 Å². The lowest BCUT2D eigenvalue weighted by Crippen LogP contribution is -2.14. The first kappa shape index (κ1) is 14.0. The smallest absolute Gasteiger partial charge is 0.247 e. The van der Waals surface area contributed by atoms with Crippen molar-refractivity contribution in [1.29, 1.82) is 0 Å². The number of hydrogen-bond donors (Lipinski definition) is 1. The third-order valence-corrected chi connectivity index (χ3v) is 4.24. The Morgan fingerprint density at radius 1 is 1.16 bits per heavy atom. The second-order valence-electron chi connectivity index (χ2n) is 3.83. The maximum Gasteiger partial charge on any atom is 0.264 e. The number of hydrogen-bond acceptors (Lipinski definition) is 4. The molecular weight excluding hydrogens is 330 g/mol. The second-order valence-corrected chi connectivity index (χ2v) is 6.43. The van der Waals surface area contributed by atoms with Gasteiger partial charge in [0.05, 0.1) is 9.37 Å². The Hall–Kier alpha value is -1.47. The summed E-state index contributed by atoms with van der Waals surface area (Å²) in [5.74, 6) is 0.0442. The van der Waals surface area contributed by atoms with Gasteiger partial charge in [0.1, 0.15) is 0 Å². The van der Waals surface area contributed by atoms with Crippen LogP contribution >= 0.6 is 15.9 Å². The number of aryl methyl sites for hydroxylation is 1. The van der Waals surface area contributed by atoms with Crippen LogP contribution < -0.4 is 4.72 Å². The highest BCUT2D eigenvalue weighted by Gasteiger charge is 2.15. The summed E-state index contributed by atoms with van der Waals surface area (Å²) >= 11 is 3.18. The molecule has 19 heavy (non-hydrogen) atoms. The van der Waals surface area contributed by atoms with E-state index < -0.39 is 10.0 Å². The zero-order valence-electron chi connectivity index (χ0n) is 10.2. The van der Waals surface area contributed by atoms with E-state index in [0.717, 1.165) is 12.0 Å². The van der Waals surface area contributed by atoms with Crippen LogP contribution in [0.5, 0.6) is 0 Å². The first-order chi connectivity index (χ1) is 9.01. The van der Waals surface area contributed by atoms with Crippen molar-refractivity contribution in [2.75, 3.05) is 4.72 Å². The van der Waals surface area contributed by atoms with Crippen molar-refractivity contribution in [3.05, 3.63) is 46.7 Å². The lowest BCUT2D eigenvalue weighted by atomic mass is 10.2. The molecule has 0 saturated carbocycles. The molecule has 5 nitrogen and oxygen atoms in total. The summed E-state index contributed by atoms with van der Waals surface area (Å²) in [5, 5.41) is 0. The minimum atomic E-state index is -3.64. The van der Waals surface area contributed by atoms with Crippen LogP contribution in [0.2, 0.25) is 0 Å². The van der Waals surface area contributed by atoms with Gasteiger partial charge in [-0.3, -0.25) is 0 Å². The standard InChI is InChI=1S/C12H12BrN3O2S/c1-2-9-3-5-11(6-4-9)19(17,18)16-12-14-7-10(13)8-15-12/h3-8H,2H2,1H3,(H,14,15,16). The topological polar surface area (TPSA) is 72.0 Å².